The number of aromatic nitrogens is 2. The second kappa shape index (κ2) is 16.1. The number of likely N-dealkylation sites (tertiary alicyclic amines) is 1. The largest absolute Gasteiger partial charge is 0.465 e. The van der Waals surface area contributed by atoms with Crippen molar-refractivity contribution in [2.45, 2.75) is 171 Å². The lowest BCUT2D eigenvalue weighted by atomic mass is 9.32. The fourth-order valence-corrected chi connectivity index (χ4v) is 17.2. The van der Waals surface area contributed by atoms with E-state index in [9.17, 15) is 9.59 Å². The molecule has 1 aromatic carbocycles. The minimum absolute atomic E-state index is 0.000316. The van der Waals surface area contributed by atoms with Crippen LogP contribution in [-0.2, 0) is 30.9 Å². The molecule has 0 unspecified atom stereocenters. The van der Waals surface area contributed by atoms with Crippen LogP contribution in [0.4, 0.5) is 0 Å². The SMILES string of the molecule is C=C(C)[C@@H]1CC[C@]2(C(=O)N3CCC[C@H]3c3nc(-c4ccccc4)cn3C)CC[C@]3(C)[C@H](CC[C@@H]4[C@@]5(C)CC[C@H](OC(=O)[C@H]6C[C@@H](C(=O)OCCCC)C6(C)C)C(C)(C)[C@@H]5CC[C@]43C)[C@@H]12. The van der Waals surface area contributed by atoms with E-state index < -0.39 is 5.41 Å². The van der Waals surface area contributed by atoms with Crippen molar-refractivity contribution in [1.29, 1.82) is 0 Å². The van der Waals surface area contributed by atoms with Gasteiger partial charge in [-0.2, -0.15) is 0 Å². The molecule has 1 aliphatic heterocycles. The predicted octanol–water partition coefficient (Wildman–Crippen LogP) is 12.3. The van der Waals surface area contributed by atoms with Crippen LogP contribution in [0.25, 0.3) is 11.3 Å². The number of esters is 2. The van der Waals surface area contributed by atoms with Gasteiger partial charge in [0.25, 0.3) is 0 Å². The zero-order chi connectivity index (χ0) is 45.8. The third-order valence-corrected chi connectivity index (χ3v) is 21.1. The van der Waals surface area contributed by atoms with Crippen LogP contribution in [0.15, 0.2) is 48.7 Å². The van der Waals surface area contributed by atoms with E-state index in [4.69, 9.17) is 14.5 Å². The van der Waals surface area contributed by atoms with Gasteiger partial charge in [0.1, 0.15) is 11.9 Å². The summed E-state index contributed by atoms with van der Waals surface area (Å²) in [5.41, 5.74) is 2.75. The molecule has 1 saturated heterocycles. The van der Waals surface area contributed by atoms with Gasteiger partial charge in [-0.15, -0.1) is 0 Å². The Balaban J connectivity index is 0.938. The molecule has 9 rings (SSSR count). The zero-order valence-electron chi connectivity index (χ0n) is 41.3. The molecule has 0 spiro atoms. The molecule has 350 valence electrons. The molecular formula is C56H81N3O5. The average molecular weight is 876 g/mol. The molecule has 2 aromatic rings. The molecule has 7 fully saturated rings. The lowest BCUT2D eigenvalue weighted by Gasteiger charge is -2.73. The van der Waals surface area contributed by atoms with Crippen molar-refractivity contribution in [2.75, 3.05) is 13.2 Å². The molecule has 8 heteroatoms. The second-order valence-electron chi connectivity index (χ2n) is 24.4. The summed E-state index contributed by atoms with van der Waals surface area (Å²) in [6, 6.07) is 10.4. The number of allylic oxidation sites excluding steroid dienone is 1. The molecule has 1 amide bonds. The van der Waals surface area contributed by atoms with Gasteiger partial charge in [-0.05, 0) is 148 Å². The summed E-state index contributed by atoms with van der Waals surface area (Å²) in [5.74, 6) is 2.74. The minimum atomic E-state index is -0.471. The highest BCUT2D eigenvalue weighted by molar-refractivity contribution is 5.85. The molecule has 6 saturated carbocycles. The van der Waals surface area contributed by atoms with Crippen molar-refractivity contribution >= 4 is 17.8 Å². The minimum Gasteiger partial charge on any atom is -0.465 e. The highest BCUT2D eigenvalue weighted by atomic mass is 16.5. The van der Waals surface area contributed by atoms with E-state index in [0.29, 0.717) is 48.5 Å². The van der Waals surface area contributed by atoms with Crippen LogP contribution in [0.3, 0.4) is 0 Å². The molecule has 8 nitrogen and oxygen atoms in total. The summed E-state index contributed by atoms with van der Waals surface area (Å²) in [6.45, 7) is 27.1. The summed E-state index contributed by atoms with van der Waals surface area (Å²) in [5, 5.41) is 0. The smallest absolute Gasteiger partial charge is 0.309 e. The Labute approximate surface area is 385 Å². The number of benzene rings is 1. The van der Waals surface area contributed by atoms with Gasteiger partial charge in [0.2, 0.25) is 5.91 Å². The quantitative estimate of drug-likeness (QED) is 0.134. The van der Waals surface area contributed by atoms with Gasteiger partial charge in [-0.25, -0.2) is 4.98 Å². The van der Waals surface area contributed by atoms with E-state index in [2.05, 4.69) is 102 Å². The number of hydrogen-bond donors (Lipinski definition) is 0. The molecule has 64 heavy (non-hydrogen) atoms. The van der Waals surface area contributed by atoms with E-state index >= 15 is 4.79 Å². The number of imidazole rings is 1. The molecule has 0 bridgehead atoms. The monoisotopic (exact) mass is 876 g/mol. The first-order valence-electron chi connectivity index (χ1n) is 25.7. The van der Waals surface area contributed by atoms with Crippen molar-refractivity contribution < 1.29 is 23.9 Å². The average Bonchev–Trinajstić information content (AvgIpc) is 3.99. The Morgan fingerprint density at radius 1 is 0.812 bits per heavy atom. The molecule has 0 radical (unpaired) electrons. The number of amides is 1. The third-order valence-electron chi connectivity index (χ3n) is 21.1. The van der Waals surface area contributed by atoms with Gasteiger partial charge >= 0.3 is 11.9 Å². The molecular weight excluding hydrogens is 795 g/mol. The number of unbranched alkanes of at least 4 members (excludes halogenated alkanes) is 1. The summed E-state index contributed by atoms with van der Waals surface area (Å²) in [6.07, 6.45) is 17.1. The Bertz CT molecular complexity index is 2140. The van der Waals surface area contributed by atoms with Crippen molar-refractivity contribution in [3.63, 3.8) is 0 Å². The lowest BCUT2D eigenvalue weighted by molar-refractivity contribution is -0.251. The Morgan fingerprint density at radius 2 is 1.55 bits per heavy atom. The Morgan fingerprint density at radius 3 is 2.25 bits per heavy atom. The van der Waals surface area contributed by atoms with Crippen LogP contribution in [0, 0.1) is 73.9 Å². The van der Waals surface area contributed by atoms with Gasteiger partial charge in [0.15, 0.2) is 0 Å². The summed E-state index contributed by atoms with van der Waals surface area (Å²) in [7, 11) is 2.10. The Kier molecular flexibility index (Phi) is 11.5. The number of rotatable bonds is 10. The van der Waals surface area contributed by atoms with Crippen LogP contribution < -0.4 is 0 Å². The van der Waals surface area contributed by atoms with Crippen molar-refractivity contribution in [3.8, 4) is 11.3 Å². The molecule has 2 heterocycles. The number of aryl methyl sites for hydroxylation is 1. The summed E-state index contributed by atoms with van der Waals surface area (Å²) < 4.78 is 14.4. The standard InChI is InChI=1S/C56H81N3O5/c1-12-13-32-63-48(60)39-33-40(51(39,4)5)49(61)64-45-25-26-53(8)43(52(45,6)7)24-27-55(10)44(53)22-21-38-46-37(35(2)3)23-28-56(46,30-29-54(38,55)9)50(62)59-31-17-20-42(59)47-57-41(34-58(47)11)36-18-15-14-16-19-36/h14-16,18-19,34,37-40,42-46H,2,12-13,17,20-33H2,1,3-11H3/t37-,38+,39-,40+,42-,43-,44+,45-,46+,53-,54+,55+,56-/m0/s1. The number of carbonyl (C=O) groups is 3. The van der Waals surface area contributed by atoms with E-state index in [0.717, 1.165) is 94.3 Å². The highest BCUT2D eigenvalue weighted by Gasteiger charge is 2.72. The van der Waals surface area contributed by atoms with Crippen LogP contribution >= 0.6 is 0 Å². The van der Waals surface area contributed by atoms with Gasteiger partial charge in [0.05, 0.1) is 35.6 Å². The van der Waals surface area contributed by atoms with Crippen molar-refractivity contribution in [3.05, 3.63) is 54.5 Å². The number of carbonyl (C=O) groups excluding carboxylic acids is 3. The number of fused-ring (bicyclic) bond motifs is 7. The lowest BCUT2D eigenvalue weighted by Crippen LogP contribution is -2.67. The van der Waals surface area contributed by atoms with Gasteiger partial charge < -0.3 is 18.9 Å². The van der Waals surface area contributed by atoms with Crippen LogP contribution in [0.5, 0.6) is 0 Å². The number of nitrogens with zero attached hydrogens (tertiary/aromatic N) is 3. The van der Waals surface area contributed by atoms with E-state index in [1.807, 2.05) is 19.9 Å². The fraction of sp³-hybridized carbons (Fsp3) is 0.750. The maximum atomic E-state index is 15.7. The van der Waals surface area contributed by atoms with E-state index in [-0.39, 0.29) is 63.0 Å². The predicted molar refractivity (Wildman–Crippen MR) is 252 cm³/mol. The number of ether oxygens (including phenoxy) is 2. The van der Waals surface area contributed by atoms with Crippen molar-refractivity contribution in [1.82, 2.24) is 14.5 Å². The third kappa shape index (κ3) is 6.67. The fourth-order valence-electron chi connectivity index (χ4n) is 17.2. The zero-order valence-corrected chi connectivity index (χ0v) is 41.3. The first kappa shape index (κ1) is 45.7. The van der Waals surface area contributed by atoms with Crippen LogP contribution in [-0.4, -0.2) is 51.6 Å². The molecule has 0 N–H and O–H groups in total. The molecule has 7 aliphatic rings. The van der Waals surface area contributed by atoms with Crippen molar-refractivity contribution in [2.24, 2.45) is 81.0 Å². The molecule has 6 aliphatic carbocycles. The van der Waals surface area contributed by atoms with Gasteiger partial charge in [-0.3, -0.25) is 14.4 Å². The topological polar surface area (TPSA) is 90.7 Å². The van der Waals surface area contributed by atoms with E-state index in [1.54, 1.807) is 0 Å². The number of hydrogen-bond acceptors (Lipinski definition) is 6. The van der Waals surface area contributed by atoms with Crippen LogP contribution in [0.2, 0.25) is 0 Å². The first-order valence-corrected chi connectivity index (χ1v) is 25.7. The Hall–Kier alpha value is -3.42. The highest BCUT2D eigenvalue weighted by Crippen LogP contribution is 2.78. The maximum absolute atomic E-state index is 15.7. The van der Waals surface area contributed by atoms with Crippen LogP contribution in [0.1, 0.15) is 170 Å². The summed E-state index contributed by atoms with van der Waals surface area (Å²) in [4.78, 5) is 50.2. The maximum Gasteiger partial charge on any atom is 0.309 e. The summed E-state index contributed by atoms with van der Waals surface area (Å²) >= 11 is 0. The molecule has 1 aromatic heterocycles. The second-order valence-corrected chi connectivity index (χ2v) is 24.4. The molecule has 13 atom stereocenters. The van der Waals surface area contributed by atoms with E-state index in [1.165, 1.54) is 24.8 Å². The van der Waals surface area contributed by atoms with Gasteiger partial charge in [0, 0.05) is 30.8 Å². The van der Waals surface area contributed by atoms with Gasteiger partial charge in [-0.1, -0.05) is 104 Å². The normalized spacial score (nSPS) is 40.5. The first-order chi connectivity index (χ1) is 30.3.